The number of rotatable bonds is 24. The van der Waals surface area contributed by atoms with Crippen molar-refractivity contribution >= 4 is 84.4 Å². The lowest BCUT2D eigenvalue weighted by atomic mass is 9.89. The van der Waals surface area contributed by atoms with Crippen molar-refractivity contribution in [3.8, 4) is 68.3 Å². The molecular formula is C76H86BrF2N17O12S2. The molecule has 0 bridgehead atoms. The zero-order valence-electron chi connectivity index (χ0n) is 62.3. The summed E-state index contributed by atoms with van der Waals surface area (Å²) in [7, 11) is 7.97. The van der Waals surface area contributed by atoms with Gasteiger partial charge in [-0.2, -0.15) is 15.3 Å². The molecule has 29 nitrogen and oxygen atoms in total. The Morgan fingerprint density at radius 2 is 0.973 bits per heavy atom. The van der Waals surface area contributed by atoms with E-state index in [-0.39, 0.29) is 28.9 Å². The van der Waals surface area contributed by atoms with Gasteiger partial charge in [0.2, 0.25) is 0 Å². The van der Waals surface area contributed by atoms with E-state index < -0.39 is 24.1 Å². The van der Waals surface area contributed by atoms with E-state index >= 15 is 0 Å². The van der Waals surface area contributed by atoms with Crippen LogP contribution in [0.4, 0.5) is 37.6 Å². The third-order valence-corrected chi connectivity index (χ3v) is 19.0. The number of carboxylic acid groups (broad SMARTS) is 1. The highest BCUT2D eigenvalue weighted by atomic mass is 79.9. The van der Waals surface area contributed by atoms with Crippen molar-refractivity contribution in [2.75, 3.05) is 98.8 Å². The number of aliphatic carboxylic acids is 1. The van der Waals surface area contributed by atoms with E-state index in [1.165, 1.54) is 74.6 Å². The first-order chi connectivity index (χ1) is 52.2. The van der Waals surface area contributed by atoms with Gasteiger partial charge in [-0.3, -0.25) is 19.1 Å². The summed E-state index contributed by atoms with van der Waals surface area (Å²) < 4.78 is 87.8. The first kappa shape index (κ1) is 83.4. The number of thiazole rings is 2. The summed E-state index contributed by atoms with van der Waals surface area (Å²) in [5, 5.41) is 24.6. The molecule has 11 aromatic rings. The van der Waals surface area contributed by atoms with Gasteiger partial charge in [-0.15, -0.1) is 22.7 Å². The third kappa shape index (κ3) is 22.1. The molecule has 0 spiro atoms. The molecule has 0 aliphatic carbocycles. The van der Waals surface area contributed by atoms with E-state index in [9.17, 15) is 13.6 Å². The van der Waals surface area contributed by atoms with Crippen LogP contribution in [0.2, 0.25) is 0 Å². The van der Waals surface area contributed by atoms with Crippen LogP contribution in [0.15, 0.2) is 132 Å². The number of benzene rings is 5. The number of carbonyl (C=O) groups is 1. The molecule has 0 atom stereocenters. The van der Waals surface area contributed by atoms with Crippen LogP contribution in [0, 0.1) is 54.9 Å². The lowest BCUT2D eigenvalue weighted by molar-refractivity contribution is -0.252. The van der Waals surface area contributed by atoms with Gasteiger partial charge in [0.15, 0.2) is 5.65 Å². The van der Waals surface area contributed by atoms with Crippen molar-refractivity contribution in [3.63, 3.8) is 0 Å². The predicted molar refractivity (Wildman–Crippen MR) is 418 cm³/mol. The monoisotopic (exact) mass is 1610 g/mol. The summed E-state index contributed by atoms with van der Waals surface area (Å²) in [6.07, 6.45) is 4.95. The number of nitrogens with zero attached hydrogens (tertiary/aromatic N) is 13. The normalized spacial score (nSPS) is 14.0. The Kier molecular flexibility index (Phi) is 28.6. The van der Waals surface area contributed by atoms with Crippen molar-refractivity contribution in [1.82, 2.24) is 60.3 Å². The molecule has 9 heterocycles. The van der Waals surface area contributed by atoms with Crippen LogP contribution in [-0.2, 0) is 66.1 Å². The first-order valence-electron chi connectivity index (χ1n) is 33.8. The number of carboxylic acids is 1. The van der Waals surface area contributed by atoms with E-state index in [4.69, 9.17) is 73.7 Å². The van der Waals surface area contributed by atoms with Crippen LogP contribution in [0.1, 0.15) is 40.5 Å². The van der Waals surface area contributed by atoms with Crippen molar-refractivity contribution in [3.05, 3.63) is 187 Å². The van der Waals surface area contributed by atoms with E-state index in [0.29, 0.717) is 164 Å². The van der Waals surface area contributed by atoms with Crippen LogP contribution in [0.3, 0.4) is 0 Å². The molecule has 5 aromatic carbocycles. The Labute approximate surface area is 651 Å². The van der Waals surface area contributed by atoms with Crippen LogP contribution < -0.4 is 42.3 Å². The Bertz CT molecular complexity index is 4990. The number of ether oxygens (including phenoxy) is 10. The minimum Gasteiger partial charge on any atom is -0.488 e. The zero-order valence-corrected chi connectivity index (χ0v) is 65.5. The molecule has 3 aliphatic heterocycles. The number of likely N-dealkylation sites (N-methyl/N-ethyl adjacent to an activating group) is 1. The molecule has 3 aliphatic rings. The standard InChI is InChI=1S/C27H25FN6O3S.C26H24FN5O3S.C15H15BrN4O.C4H9NO2.C4H10O3.H3N/c1-16-30-10-22(38-16)11-36-20-7-18(28)8-21(9-20)37-19-5-3-17(4-6-19)24-23-25(29)31-15-32-26(23)34(33-24)12-27(2)13-35-14-27;1-16-30-11-22(36-16)12-34-20-8-18(27)9-21(10-20)35-19-6-4-17(5-7-19)23-24(29-3)25(28)32(31-23)13-26(2)14-33-15-26;1-15(8-21-9-15)7-20-14(17)13(18-2)12(19-20)10-3-5-11(16)6-4-10;1-5(2)3-4(6)7;1-5-4(6-2)7-3;/h3-10,15H,11-14H2,1-2H3,(H2,29,31,32);4-11H,12-15,28H2,1-2H3;3-6H,7-9,17H2,1H3;3H2,1-2H3,(H,6,7);4H,1-3H3;1H3. The zero-order chi connectivity index (χ0) is 78.2. The first-order valence-corrected chi connectivity index (χ1v) is 36.2. The summed E-state index contributed by atoms with van der Waals surface area (Å²) in [6, 6.07) is 30.7. The van der Waals surface area contributed by atoms with Crippen molar-refractivity contribution in [1.29, 1.82) is 0 Å². The maximum Gasteiger partial charge on any atom is 0.317 e. The Balaban J connectivity index is 0.000000178. The minimum absolute atomic E-state index is 0. The molecule has 3 fully saturated rings. The van der Waals surface area contributed by atoms with Gasteiger partial charge < -0.3 is 75.8 Å². The van der Waals surface area contributed by atoms with E-state index in [1.807, 2.05) is 54.9 Å². The molecule has 6 aromatic heterocycles. The maximum absolute atomic E-state index is 14.3. The molecule has 0 radical (unpaired) electrons. The predicted octanol–water partition coefficient (Wildman–Crippen LogP) is 14.9. The van der Waals surface area contributed by atoms with Crippen molar-refractivity contribution in [2.45, 2.75) is 73.9 Å². The van der Waals surface area contributed by atoms with Crippen LogP contribution >= 0.6 is 38.6 Å². The SMILES string of the molecule is CN(C)CC(=O)O.COC(OC)OC.Cc1ncc(COc2cc(F)cc(Oc3ccc(-c4nn(CC5(C)COC5)c5ncnc(N)c45)cc3)c2)s1.N.[C-]#[N+]c1c(-c2ccc(Br)cc2)nn(CC2(C)COC2)c1N.[C-]#[N+]c1c(-c2ccc(Oc3cc(F)cc(OCc4cnc(C)s4)c3)cc2)nn(CC2(C)COC2)c1N. The molecule has 0 unspecified atom stereocenters. The second-order valence-corrected chi connectivity index (χ2v) is 30.5. The molecule has 10 N–H and O–H groups in total. The number of anilines is 3. The number of nitrogen functional groups attached to an aromatic ring is 3. The number of methoxy groups -OCH3 is 3. The Morgan fingerprint density at radius 3 is 1.31 bits per heavy atom. The van der Waals surface area contributed by atoms with E-state index in [1.54, 1.807) is 89.3 Å². The number of aromatic nitrogens is 10. The number of hydrogen-bond donors (Lipinski definition) is 5. The molecular weight excluding hydrogens is 1520 g/mol. The van der Waals surface area contributed by atoms with Gasteiger partial charge >= 0.3 is 5.97 Å². The molecule has 34 heteroatoms. The van der Waals surface area contributed by atoms with Gasteiger partial charge in [-0.25, -0.2) is 43.1 Å². The summed E-state index contributed by atoms with van der Waals surface area (Å²) in [4.78, 5) is 37.5. The quantitative estimate of drug-likeness (QED) is 0.0277. The number of aryl methyl sites for hydroxylation is 2. The second kappa shape index (κ2) is 37.7. The lowest BCUT2D eigenvalue weighted by Gasteiger charge is -2.38. The Morgan fingerprint density at radius 1 is 0.591 bits per heavy atom. The molecule has 14 rings (SSSR count). The fourth-order valence-corrected chi connectivity index (χ4v) is 12.9. The molecule has 0 saturated carbocycles. The Hall–Kier alpha value is -10.6. The lowest BCUT2D eigenvalue weighted by Crippen LogP contribution is -2.43. The number of halogens is 3. The van der Waals surface area contributed by atoms with Crippen molar-refractivity contribution in [2.24, 2.45) is 16.2 Å². The topological polar surface area (TPSA) is 360 Å². The second-order valence-electron chi connectivity index (χ2n) is 27.0. The highest BCUT2D eigenvalue weighted by Crippen LogP contribution is 2.42. The average Bonchev–Trinajstić information content (AvgIpc) is 1.62. The fraction of sp³-hybridized carbons (Fsp3) is 0.342. The maximum atomic E-state index is 14.3. The van der Waals surface area contributed by atoms with Crippen molar-refractivity contribution < 1.29 is 66.1 Å². The summed E-state index contributed by atoms with van der Waals surface area (Å²) in [6.45, 7) is 31.3. The van der Waals surface area contributed by atoms with Crippen LogP contribution in [0.5, 0.6) is 34.5 Å². The van der Waals surface area contributed by atoms with Gasteiger partial charge in [0, 0.05) is 96.4 Å². The van der Waals surface area contributed by atoms with E-state index in [2.05, 4.69) is 90.7 Å². The number of hydrogen-bond acceptors (Lipinski definition) is 25. The highest BCUT2D eigenvalue weighted by Gasteiger charge is 2.38. The highest BCUT2D eigenvalue weighted by molar-refractivity contribution is 9.10. The fourth-order valence-electron chi connectivity index (χ4n) is 11.2. The smallest absolute Gasteiger partial charge is 0.317 e. The van der Waals surface area contributed by atoms with Crippen LogP contribution in [0.25, 0.3) is 54.5 Å². The van der Waals surface area contributed by atoms with Gasteiger partial charge in [-0.05, 0) is 87.6 Å². The minimum atomic E-state index is -0.787. The molecule has 3 saturated heterocycles. The molecule has 580 valence electrons. The molecule has 110 heavy (non-hydrogen) atoms. The summed E-state index contributed by atoms with van der Waals surface area (Å²) >= 11 is 6.47. The van der Waals surface area contributed by atoms with E-state index in [0.717, 1.165) is 40.9 Å². The number of fused-ring (bicyclic) bond motifs is 1. The summed E-state index contributed by atoms with van der Waals surface area (Å²) in [5.41, 5.74) is 24.3. The number of nitrogens with two attached hydrogens (primary N) is 3. The largest absolute Gasteiger partial charge is 0.488 e. The molecule has 0 amide bonds. The average molecular weight is 1610 g/mol. The van der Waals surface area contributed by atoms with Gasteiger partial charge in [0.25, 0.3) is 17.9 Å². The van der Waals surface area contributed by atoms with Gasteiger partial charge in [-0.1, -0.05) is 61.0 Å². The summed E-state index contributed by atoms with van der Waals surface area (Å²) in [5.74, 6) is 1.85. The third-order valence-electron chi connectivity index (χ3n) is 16.7. The van der Waals surface area contributed by atoms with Gasteiger partial charge in [0.1, 0.15) is 100 Å². The van der Waals surface area contributed by atoms with Gasteiger partial charge in [0.05, 0.1) is 104 Å². The van der Waals surface area contributed by atoms with Crippen LogP contribution in [-0.4, -0.2) is 153 Å².